The molecule has 0 aromatic heterocycles. The van der Waals surface area contributed by atoms with E-state index >= 15 is 0 Å². The summed E-state index contributed by atoms with van der Waals surface area (Å²) in [4.78, 5) is 0. The third kappa shape index (κ3) is 3.67. The minimum atomic E-state index is 0.371. The molecule has 1 heterocycles. The van der Waals surface area contributed by atoms with Gasteiger partial charge in [-0.25, -0.2) is 0 Å². The zero-order valence-electron chi connectivity index (χ0n) is 12.8. The fraction of sp³-hybridized carbons (Fsp3) is 0.688. The molecule has 0 radical (unpaired) electrons. The zero-order valence-corrected chi connectivity index (χ0v) is 13.6. The van der Waals surface area contributed by atoms with Crippen molar-refractivity contribution in [3.63, 3.8) is 0 Å². The van der Waals surface area contributed by atoms with Crippen molar-refractivity contribution in [3.8, 4) is 0 Å². The molecule has 1 aliphatic heterocycles. The highest BCUT2D eigenvalue weighted by Crippen LogP contribution is 2.25. The summed E-state index contributed by atoms with van der Waals surface area (Å²) in [6, 6.07) is 0.448. The lowest BCUT2D eigenvalue weighted by atomic mass is 10.0. The van der Waals surface area contributed by atoms with E-state index < -0.39 is 0 Å². The van der Waals surface area contributed by atoms with Gasteiger partial charge in [0.2, 0.25) is 0 Å². The van der Waals surface area contributed by atoms with E-state index in [2.05, 4.69) is 42.5 Å². The number of hydrogen-bond acceptors (Lipinski definition) is 4. The van der Waals surface area contributed by atoms with Crippen LogP contribution in [0.25, 0.3) is 0 Å². The van der Waals surface area contributed by atoms with E-state index in [9.17, 15) is 0 Å². The Morgan fingerprint density at radius 3 is 2.80 bits per heavy atom. The average molecular weight is 294 g/mol. The molecule has 112 valence electrons. The maximum Gasteiger partial charge on any atom is 0.0704 e. The molecule has 3 nitrogen and oxygen atoms in total. The number of nitrogens with zero attached hydrogens (tertiary/aromatic N) is 2. The normalized spacial score (nSPS) is 24.9. The Hall–Kier alpha value is -0.740. The minimum absolute atomic E-state index is 0.371. The van der Waals surface area contributed by atoms with Gasteiger partial charge in [-0.15, -0.1) is 0 Å². The van der Waals surface area contributed by atoms with Crippen LogP contribution in [-0.4, -0.2) is 48.5 Å². The Bertz CT molecular complexity index is 376. The second kappa shape index (κ2) is 7.89. The molecule has 0 unspecified atom stereocenters. The maximum atomic E-state index is 5.33. The average Bonchev–Trinajstić information content (AvgIpc) is 3.11. The molecule has 0 bridgehead atoms. The van der Waals surface area contributed by atoms with Crippen molar-refractivity contribution in [2.75, 3.05) is 26.5 Å². The third-order valence-corrected chi connectivity index (χ3v) is 5.17. The molecule has 0 N–H and O–H groups in total. The van der Waals surface area contributed by atoms with Gasteiger partial charge < -0.3 is 4.74 Å². The SMILES string of the molecule is CC[C@@H](SC)/C(=N/N1CCC[C@H]1COC)C1C=CC=C1. The molecule has 1 fully saturated rings. The fourth-order valence-electron chi connectivity index (χ4n) is 2.93. The fourth-order valence-corrected chi connectivity index (χ4v) is 3.71. The van der Waals surface area contributed by atoms with Crippen LogP contribution >= 0.6 is 11.8 Å². The molecule has 1 saturated heterocycles. The van der Waals surface area contributed by atoms with E-state index in [-0.39, 0.29) is 0 Å². The standard InChI is InChI=1S/C16H26N2OS/c1-4-15(20-3)16(13-8-5-6-9-13)17-18-11-7-10-14(18)12-19-2/h5-6,8-9,13-15H,4,7,10-12H2,1-3H3/b17-16+/t14-,15+/m0/s1. The van der Waals surface area contributed by atoms with E-state index in [4.69, 9.17) is 9.84 Å². The van der Waals surface area contributed by atoms with Gasteiger partial charge in [0, 0.05) is 24.8 Å². The van der Waals surface area contributed by atoms with Crippen molar-refractivity contribution in [3.05, 3.63) is 24.3 Å². The molecule has 4 heteroatoms. The van der Waals surface area contributed by atoms with Gasteiger partial charge in [0.05, 0.1) is 18.4 Å². The summed E-state index contributed by atoms with van der Waals surface area (Å²) in [6.45, 7) is 4.08. The lowest BCUT2D eigenvalue weighted by Crippen LogP contribution is -2.33. The summed E-state index contributed by atoms with van der Waals surface area (Å²) in [6.07, 6.45) is 14.5. The molecule has 20 heavy (non-hydrogen) atoms. The Morgan fingerprint density at radius 1 is 1.45 bits per heavy atom. The lowest BCUT2D eigenvalue weighted by molar-refractivity contribution is 0.117. The second-order valence-electron chi connectivity index (χ2n) is 5.37. The summed E-state index contributed by atoms with van der Waals surface area (Å²) >= 11 is 1.91. The van der Waals surface area contributed by atoms with Crippen LogP contribution in [0.15, 0.2) is 29.4 Å². The minimum Gasteiger partial charge on any atom is -0.382 e. The highest BCUT2D eigenvalue weighted by Gasteiger charge is 2.27. The van der Waals surface area contributed by atoms with Gasteiger partial charge in [-0.1, -0.05) is 31.2 Å². The Labute approximate surface area is 127 Å². The monoisotopic (exact) mass is 294 g/mol. The topological polar surface area (TPSA) is 24.8 Å². The van der Waals surface area contributed by atoms with Gasteiger partial charge in [0.15, 0.2) is 0 Å². The number of rotatable bonds is 7. The Balaban J connectivity index is 2.18. The molecule has 2 aliphatic rings. The highest BCUT2D eigenvalue weighted by atomic mass is 32.2. The van der Waals surface area contributed by atoms with Gasteiger partial charge in [-0.05, 0) is 25.5 Å². The molecular formula is C16H26N2OS. The van der Waals surface area contributed by atoms with Crippen molar-refractivity contribution in [2.45, 2.75) is 37.5 Å². The Kier molecular flexibility index (Phi) is 6.17. The highest BCUT2D eigenvalue weighted by molar-refractivity contribution is 7.99. The smallest absolute Gasteiger partial charge is 0.0704 e. The number of hydrogen-bond donors (Lipinski definition) is 0. The van der Waals surface area contributed by atoms with Crippen LogP contribution in [0.2, 0.25) is 0 Å². The van der Waals surface area contributed by atoms with Crippen molar-refractivity contribution >= 4 is 17.5 Å². The largest absolute Gasteiger partial charge is 0.382 e. The summed E-state index contributed by atoms with van der Waals surface area (Å²) in [7, 11) is 1.78. The first kappa shape index (κ1) is 15.6. The third-order valence-electron chi connectivity index (χ3n) is 4.02. The number of thioether (sulfide) groups is 1. The van der Waals surface area contributed by atoms with Crippen LogP contribution in [0.3, 0.4) is 0 Å². The second-order valence-corrected chi connectivity index (χ2v) is 6.41. The van der Waals surface area contributed by atoms with Crippen molar-refractivity contribution in [1.29, 1.82) is 0 Å². The van der Waals surface area contributed by atoms with E-state index in [1.54, 1.807) is 7.11 Å². The zero-order chi connectivity index (χ0) is 14.4. The van der Waals surface area contributed by atoms with Crippen molar-refractivity contribution < 1.29 is 4.74 Å². The quantitative estimate of drug-likeness (QED) is 0.673. The van der Waals surface area contributed by atoms with Crippen molar-refractivity contribution in [2.24, 2.45) is 11.0 Å². The summed E-state index contributed by atoms with van der Waals surface area (Å²) in [5.74, 6) is 0.371. The van der Waals surface area contributed by atoms with Gasteiger partial charge in [0.25, 0.3) is 0 Å². The molecule has 2 atom stereocenters. The van der Waals surface area contributed by atoms with Crippen LogP contribution in [0.4, 0.5) is 0 Å². The molecule has 2 rings (SSSR count). The van der Waals surface area contributed by atoms with Crippen LogP contribution < -0.4 is 0 Å². The van der Waals surface area contributed by atoms with Crippen LogP contribution in [0.5, 0.6) is 0 Å². The molecule has 0 saturated carbocycles. The predicted octanol–water partition coefficient (Wildman–Crippen LogP) is 3.34. The molecule has 0 amide bonds. The number of allylic oxidation sites excluding steroid dienone is 4. The number of ether oxygens (including phenoxy) is 1. The van der Waals surface area contributed by atoms with Crippen LogP contribution in [0, 0.1) is 5.92 Å². The van der Waals surface area contributed by atoms with E-state index in [0.29, 0.717) is 17.2 Å². The molecule has 0 aromatic rings. The summed E-state index contributed by atoms with van der Waals surface area (Å²) in [5, 5.41) is 7.80. The first-order valence-corrected chi connectivity index (χ1v) is 8.80. The molecule has 0 spiro atoms. The van der Waals surface area contributed by atoms with E-state index in [0.717, 1.165) is 19.6 Å². The first-order chi connectivity index (χ1) is 9.80. The van der Waals surface area contributed by atoms with Gasteiger partial charge >= 0.3 is 0 Å². The van der Waals surface area contributed by atoms with Crippen LogP contribution in [-0.2, 0) is 4.74 Å². The van der Waals surface area contributed by atoms with Gasteiger partial charge in [0.1, 0.15) is 0 Å². The summed E-state index contributed by atoms with van der Waals surface area (Å²) < 4.78 is 5.33. The molecular weight excluding hydrogens is 268 g/mol. The number of hydrazone groups is 1. The Morgan fingerprint density at radius 2 is 2.20 bits per heavy atom. The molecule has 0 aromatic carbocycles. The van der Waals surface area contributed by atoms with Gasteiger partial charge in [-0.2, -0.15) is 16.9 Å². The van der Waals surface area contributed by atoms with E-state index in [1.165, 1.54) is 18.6 Å². The molecule has 1 aliphatic carbocycles. The maximum absolute atomic E-state index is 5.33. The number of methoxy groups -OCH3 is 1. The lowest BCUT2D eigenvalue weighted by Gasteiger charge is -2.26. The van der Waals surface area contributed by atoms with Gasteiger partial charge in [-0.3, -0.25) is 5.01 Å². The summed E-state index contributed by atoms with van der Waals surface area (Å²) in [5.41, 5.74) is 1.30. The van der Waals surface area contributed by atoms with E-state index in [1.807, 2.05) is 11.8 Å². The van der Waals surface area contributed by atoms with Crippen molar-refractivity contribution in [1.82, 2.24) is 5.01 Å². The van der Waals surface area contributed by atoms with Crippen LogP contribution in [0.1, 0.15) is 26.2 Å². The predicted molar refractivity (Wildman–Crippen MR) is 88.4 cm³/mol. The first-order valence-electron chi connectivity index (χ1n) is 7.51.